The van der Waals surface area contributed by atoms with E-state index in [0.29, 0.717) is 6.42 Å². The first-order chi connectivity index (χ1) is 10.5. The Balaban J connectivity index is 1.85. The molecule has 1 aromatic rings. The summed E-state index contributed by atoms with van der Waals surface area (Å²) in [7, 11) is 0. The molecule has 0 aliphatic carbocycles. The van der Waals surface area contributed by atoms with E-state index in [-0.39, 0.29) is 18.0 Å². The topological polar surface area (TPSA) is 46.3 Å². The summed E-state index contributed by atoms with van der Waals surface area (Å²) in [4.78, 5) is 15.8. The van der Waals surface area contributed by atoms with Crippen LogP contribution >= 0.6 is 11.8 Å². The molecule has 0 spiro atoms. The van der Waals surface area contributed by atoms with Crippen molar-refractivity contribution in [1.29, 1.82) is 0 Å². The van der Waals surface area contributed by atoms with Gasteiger partial charge in [-0.25, -0.2) is 0 Å². The monoisotopic (exact) mass is 320 g/mol. The van der Waals surface area contributed by atoms with E-state index in [1.165, 1.54) is 22.4 Å². The molecule has 3 nitrogen and oxygen atoms in total. The van der Waals surface area contributed by atoms with Crippen LogP contribution < -0.4 is 5.73 Å². The van der Waals surface area contributed by atoms with Crippen molar-refractivity contribution in [3.63, 3.8) is 0 Å². The highest BCUT2D eigenvalue weighted by atomic mass is 32.2. The SMILES string of the molecule is Cc1ccc(SCCC(=O)N2CCCCC2C(C)N)cc1C. The number of nitrogens with zero attached hydrogens (tertiary/aromatic N) is 1. The normalized spacial score (nSPS) is 20.0. The lowest BCUT2D eigenvalue weighted by Gasteiger charge is -2.38. The molecule has 2 atom stereocenters. The summed E-state index contributed by atoms with van der Waals surface area (Å²) in [5, 5.41) is 0. The van der Waals surface area contributed by atoms with Crippen molar-refractivity contribution in [3.8, 4) is 0 Å². The molecule has 1 fully saturated rings. The Morgan fingerprint density at radius 2 is 2.14 bits per heavy atom. The molecule has 122 valence electrons. The van der Waals surface area contributed by atoms with Crippen LogP contribution in [0.15, 0.2) is 23.1 Å². The predicted molar refractivity (Wildman–Crippen MR) is 94.3 cm³/mol. The van der Waals surface area contributed by atoms with Gasteiger partial charge in [-0.3, -0.25) is 4.79 Å². The minimum atomic E-state index is 0.0663. The number of likely N-dealkylation sites (tertiary alicyclic amines) is 1. The van der Waals surface area contributed by atoms with Gasteiger partial charge in [0.1, 0.15) is 0 Å². The van der Waals surface area contributed by atoms with Crippen molar-refractivity contribution in [2.24, 2.45) is 5.73 Å². The molecule has 1 amide bonds. The highest BCUT2D eigenvalue weighted by Crippen LogP contribution is 2.24. The number of benzene rings is 1. The first-order valence-corrected chi connectivity index (χ1v) is 9.22. The molecule has 0 aromatic heterocycles. The van der Waals surface area contributed by atoms with E-state index in [9.17, 15) is 4.79 Å². The smallest absolute Gasteiger partial charge is 0.223 e. The number of carbonyl (C=O) groups is 1. The van der Waals surface area contributed by atoms with E-state index in [1.807, 2.05) is 11.8 Å². The molecule has 1 aliphatic rings. The lowest BCUT2D eigenvalue weighted by molar-refractivity contribution is -0.134. The Bertz CT molecular complexity index is 516. The second-order valence-electron chi connectivity index (χ2n) is 6.35. The average molecular weight is 321 g/mol. The Labute approximate surface area is 138 Å². The maximum atomic E-state index is 12.5. The number of amides is 1. The van der Waals surface area contributed by atoms with Gasteiger partial charge in [-0.05, 0) is 63.3 Å². The van der Waals surface area contributed by atoms with Crippen LogP contribution in [0.5, 0.6) is 0 Å². The number of thioether (sulfide) groups is 1. The Morgan fingerprint density at radius 1 is 1.36 bits per heavy atom. The lowest BCUT2D eigenvalue weighted by atomic mass is 9.96. The second-order valence-corrected chi connectivity index (χ2v) is 7.52. The van der Waals surface area contributed by atoms with Gasteiger partial charge in [0.25, 0.3) is 0 Å². The molecule has 1 aliphatic heterocycles. The predicted octanol–water partition coefficient (Wildman–Crippen LogP) is 3.51. The van der Waals surface area contributed by atoms with Crippen LogP contribution in [0.1, 0.15) is 43.7 Å². The number of carbonyl (C=O) groups excluding carboxylic acids is 1. The molecule has 1 heterocycles. The van der Waals surface area contributed by atoms with Crippen molar-refractivity contribution in [2.45, 2.75) is 63.4 Å². The molecule has 1 aromatic carbocycles. The van der Waals surface area contributed by atoms with E-state index < -0.39 is 0 Å². The Kier molecular flexibility index (Phi) is 6.33. The van der Waals surface area contributed by atoms with E-state index in [0.717, 1.165) is 25.1 Å². The minimum absolute atomic E-state index is 0.0663. The highest BCUT2D eigenvalue weighted by Gasteiger charge is 2.28. The van der Waals surface area contributed by atoms with Crippen LogP contribution in [-0.4, -0.2) is 35.2 Å². The molecule has 0 bridgehead atoms. The average Bonchev–Trinajstić information content (AvgIpc) is 2.50. The number of piperidine rings is 1. The minimum Gasteiger partial charge on any atom is -0.338 e. The summed E-state index contributed by atoms with van der Waals surface area (Å²) in [6.45, 7) is 7.14. The summed E-state index contributed by atoms with van der Waals surface area (Å²) in [5.74, 6) is 1.10. The van der Waals surface area contributed by atoms with Gasteiger partial charge in [0.05, 0.1) is 0 Å². The highest BCUT2D eigenvalue weighted by molar-refractivity contribution is 7.99. The van der Waals surface area contributed by atoms with Crippen LogP contribution in [0.3, 0.4) is 0 Å². The molecular weight excluding hydrogens is 292 g/mol. The van der Waals surface area contributed by atoms with Gasteiger partial charge in [0.2, 0.25) is 5.91 Å². The van der Waals surface area contributed by atoms with Crippen LogP contribution in [0.4, 0.5) is 0 Å². The maximum absolute atomic E-state index is 12.5. The Morgan fingerprint density at radius 3 is 2.82 bits per heavy atom. The van der Waals surface area contributed by atoms with Crippen molar-refractivity contribution in [2.75, 3.05) is 12.3 Å². The molecule has 2 N–H and O–H groups in total. The third-order valence-electron chi connectivity index (χ3n) is 4.54. The molecule has 4 heteroatoms. The van der Waals surface area contributed by atoms with Gasteiger partial charge < -0.3 is 10.6 Å². The fourth-order valence-corrected chi connectivity index (χ4v) is 3.95. The zero-order chi connectivity index (χ0) is 16.1. The number of rotatable bonds is 5. The van der Waals surface area contributed by atoms with E-state index in [4.69, 9.17) is 5.73 Å². The zero-order valence-corrected chi connectivity index (χ0v) is 14.8. The number of hydrogen-bond donors (Lipinski definition) is 1. The number of aryl methyl sites for hydroxylation is 2. The van der Waals surface area contributed by atoms with Gasteiger partial charge in [0.15, 0.2) is 0 Å². The fraction of sp³-hybridized carbons (Fsp3) is 0.611. The largest absolute Gasteiger partial charge is 0.338 e. The first kappa shape index (κ1) is 17.4. The molecule has 0 saturated carbocycles. The van der Waals surface area contributed by atoms with Gasteiger partial charge in [-0.1, -0.05) is 6.07 Å². The van der Waals surface area contributed by atoms with E-state index in [1.54, 1.807) is 11.8 Å². The first-order valence-electron chi connectivity index (χ1n) is 8.24. The summed E-state index contributed by atoms with van der Waals surface area (Å²) < 4.78 is 0. The van der Waals surface area contributed by atoms with Crippen LogP contribution in [-0.2, 0) is 4.79 Å². The molecule has 0 radical (unpaired) electrons. The molecule has 2 unspecified atom stereocenters. The van der Waals surface area contributed by atoms with Gasteiger partial charge in [-0.2, -0.15) is 0 Å². The molecule has 22 heavy (non-hydrogen) atoms. The van der Waals surface area contributed by atoms with Crippen LogP contribution in [0.2, 0.25) is 0 Å². The van der Waals surface area contributed by atoms with Gasteiger partial charge >= 0.3 is 0 Å². The van der Waals surface area contributed by atoms with Crippen LogP contribution in [0.25, 0.3) is 0 Å². The number of nitrogens with two attached hydrogens (primary N) is 1. The summed E-state index contributed by atoms with van der Waals surface area (Å²) in [6.07, 6.45) is 3.95. The molecular formula is C18H28N2OS. The Hall–Kier alpha value is -1.00. The van der Waals surface area contributed by atoms with Gasteiger partial charge in [-0.15, -0.1) is 11.8 Å². The maximum Gasteiger partial charge on any atom is 0.223 e. The quantitative estimate of drug-likeness (QED) is 0.845. The lowest BCUT2D eigenvalue weighted by Crippen LogP contribution is -2.51. The summed E-state index contributed by atoms with van der Waals surface area (Å²) in [5.41, 5.74) is 8.67. The summed E-state index contributed by atoms with van der Waals surface area (Å²) in [6, 6.07) is 6.79. The van der Waals surface area contributed by atoms with Crippen molar-refractivity contribution < 1.29 is 4.79 Å². The second kappa shape index (κ2) is 8.02. The van der Waals surface area contributed by atoms with Gasteiger partial charge in [0, 0.05) is 35.7 Å². The standard InChI is InChI=1S/C18H28N2OS/c1-13-7-8-16(12-14(13)2)22-11-9-18(21)20-10-5-4-6-17(20)15(3)19/h7-8,12,15,17H,4-6,9-11,19H2,1-3H3. The third-order valence-corrected chi connectivity index (χ3v) is 5.54. The molecule has 1 saturated heterocycles. The van der Waals surface area contributed by atoms with E-state index >= 15 is 0 Å². The van der Waals surface area contributed by atoms with Crippen molar-refractivity contribution >= 4 is 17.7 Å². The zero-order valence-electron chi connectivity index (χ0n) is 14.0. The molecule has 2 rings (SSSR count). The van der Waals surface area contributed by atoms with Crippen molar-refractivity contribution in [3.05, 3.63) is 29.3 Å². The number of hydrogen-bond acceptors (Lipinski definition) is 3. The van der Waals surface area contributed by atoms with Crippen molar-refractivity contribution in [1.82, 2.24) is 4.90 Å². The fourth-order valence-electron chi connectivity index (χ4n) is 3.02. The summed E-state index contributed by atoms with van der Waals surface area (Å²) >= 11 is 1.77. The van der Waals surface area contributed by atoms with E-state index in [2.05, 4.69) is 32.0 Å². The third kappa shape index (κ3) is 4.50. The van der Waals surface area contributed by atoms with Crippen LogP contribution in [0, 0.1) is 13.8 Å².